The van der Waals surface area contributed by atoms with Gasteiger partial charge in [-0.3, -0.25) is 4.90 Å². The summed E-state index contributed by atoms with van der Waals surface area (Å²) in [6, 6.07) is 6.58. The van der Waals surface area contributed by atoms with E-state index in [-0.39, 0.29) is 0 Å². The molecule has 2 aliphatic rings. The van der Waals surface area contributed by atoms with Gasteiger partial charge in [-0.25, -0.2) is 0 Å². The molecule has 2 aliphatic heterocycles. The Kier molecular flexibility index (Phi) is 4.73. The largest absolute Gasteiger partial charge is 0.416 e. The smallest absolute Gasteiger partial charge is 0.314 e. The Hall–Kier alpha value is -1.07. The van der Waals surface area contributed by atoms with Crippen LogP contribution in [0.15, 0.2) is 24.3 Å². The summed E-state index contributed by atoms with van der Waals surface area (Å²) in [6.07, 6.45) is 0.422. The average Bonchev–Trinajstić information content (AvgIpc) is 3.02. The topological polar surface area (TPSA) is 15.3 Å². The number of benzene rings is 1. The molecule has 1 aromatic carbocycles. The van der Waals surface area contributed by atoms with Crippen LogP contribution in [0.5, 0.6) is 0 Å². The van der Waals surface area contributed by atoms with Crippen molar-refractivity contribution in [3.63, 3.8) is 0 Å². The predicted octanol–water partition coefficient (Wildman–Crippen LogP) is 3.67. The maximum Gasteiger partial charge on any atom is 0.416 e. The second-order valence-corrected chi connectivity index (χ2v) is 6.47. The lowest BCUT2D eigenvalue weighted by Gasteiger charge is -2.35. The van der Waals surface area contributed by atoms with Crippen molar-refractivity contribution in [3.05, 3.63) is 35.4 Å². The van der Waals surface area contributed by atoms with Gasteiger partial charge < -0.3 is 5.32 Å². The van der Waals surface area contributed by atoms with Gasteiger partial charge in [0.25, 0.3) is 0 Å². The summed E-state index contributed by atoms with van der Waals surface area (Å²) in [4.78, 5) is 2.16. The van der Waals surface area contributed by atoms with Gasteiger partial charge in [-0.2, -0.15) is 13.2 Å². The van der Waals surface area contributed by atoms with E-state index in [2.05, 4.69) is 10.2 Å². The zero-order valence-corrected chi connectivity index (χ0v) is 12.7. The summed E-state index contributed by atoms with van der Waals surface area (Å²) in [5.41, 5.74) is -0.0953. The van der Waals surface area contributed by atoms with Crippen molar-refractivity contribution in [3.8, 4) is 0 Å². The maximum atomic E-state index is 13.0. The minimum atomic E-state index is -4.26. The molecule has 1 aromatic rings. The third-order valence-electron chi connectivity index (χ3n) is 5.02. The lowest BCUT2D eigenvalue weighted by Crippen LogP contribution is -2.40. The number of likely N-dealkylation sites (tertiary alicyclic amines) is 1. The Labute approximate surface area is 129 Å². The van der Waals surface area contributed by atoms with Crippen LogP contribution in [0.1, 0.15) is 36.8 Å². The Morgan fingerprint density at radius 3 is 2.45 bits per heavy atom. The second kappa shape index (κ2) is 6.59. The number of hydrogen-bond donors (Lipinski definition) is 1. The fourth-order valence-corrected chi connectivity index (χ4v) is 3.80. The van der Waals surface area contributed by atoms with E-state index in [0.29, 0.717) is 24.1 Å². The SMILES string of the molecule is FC(F)(F)c1ccccc1CN1CCC(C2CCCN2)CC1. The third-order valence-corrected chi connectivity index (χ3v) is 5.02. The first-order valence-electron chi connectivity index (χ1n) is 8.15. The zero-order chi connectivity index (χ0) is 15.6. The van der Waals surface area contributed by atoms with E-state index in [1.807, 2.05) is 0 Å². The molecule has 2 nitrogen and oxygen atoms in total. The molecule has 1 unspecified atom stereocenters. The molecule has 5 heteroatoms. The average molecular weight is 312 g/mol. The van der Waals surface area contributed by atoms with Crippen molar-refractivity contribution in [1.29, 1.82) is 0 Å². The molecule has 1 N–H and O–H groups in total. The van der Waals surface area contributed by atoms with Crippen LogP contribution in [-0.4, -0.2) is 30.6 Å². The Balaban J connectivity index is 1.59. The summed E-state index contributed by atoms with van der Waals surface area (Å²) in [7, 11) is 0. The first-order chi connectivity index (χ1) is 10.5. The molecule has 0 aromatic heterocycles. The molecule has 2 heterocycles. The normalized spacial score (nSPS) is 24.8. The number of alkyl halides is 3. The van der Waals surface area contributed by atoms with Crippen molar-refractivity contribution in [1.82, 2.24) is 10.2 Å². The number of halogens is 3. The molecule has 0 bridgehead atoms. The Morgan fingerprint density at radius 1 is 1.09 bits per heavy atom. The zero-order valence-electron chi connectivity index (χ0n) is 12.7. The highest BCUT2D eigenvalue weighted by molar-refractivity contribution is 5.29. The van der Waals surface area contributed by atoms with E-state index >= 15 is 0 Å². The summed E-state index contributed by atoms with van der Waals surface area (Å²) < 4.78 is 39.1. The molecule has 1 atom stereocenters. The standard InChI is InChI=1S/C17H23F3N2/c18-17(19,20)15-5-2-1-4-14(15)12-22-10-7-13(8-11-22)16-6-3-9-21-16/h1-2,4-5,13,16,21H,3,6-12H2. The highest BCUT2D eigenvalue weighted by atomic mass is 19.4. The summed E-state index contributed by atoms with van der Waals surface area (Å²) in [6.45, 7) is 3.31. The highest BCUT2D eigenvalue weighted by Gasteiger charge is 2.34. The van der Waals surface area contributed by atoms with Crippen molar-refractivity contribution in [2.75, 3.05) is 19.6 Å². The second-order valence-electron chi connectivity index (χ2n) is 6.47. The van der Waals surface area contributed by atoms with E-state index in [9.17, 15) is 13.2 Å². The molecule has 0 amide bonds. The van der Waals surface area contributed by atoms with Gasteiger partial charge in [-0.05, 0) is 62.9 Å². The van der Waals surface area contributed by atoms with Crippen LogP contribution in [0.2, 0.25) is 0 Å². The van der Waals surface area contributed by atoms with E-state index in [1.54, 1.807) is 12.1 Å². The van der Waals surface area contributed by atoms with Crippen LogP contribution >= 0.6 is 0 Å². The van der Waals surface area contributed by atoms with E-state index in [0.717, 1.165) is 32.5 Å². The molecule has 0 radical (unpaired) electrons. The van der Waals surface area contributed by atoms with Crippen LogP contribution in [-0.2, 0) is 12.7 Å². The van der Waals surface area contributed by atoms with Crippen LogP contribution in [0.4, 0.5) is 13.2 Å². The van der Waals surface area contributed by atoms with E-state index < -0.39 is 11.7 Å². The van der Waals surface area contributed by atoms with Gasteiger partial charge in [0.2, 0.25) is 0 Å². The molecule has 3 rings (SSSR count). The van der Waals surface area contributed by atoms with Gasteiger partial charge in [-0.15, -0.1) is 0 Å². The van der Waals surface area contributed by atoms with Gasteiger partial charge in [0.05, 0.1) is 5.56 Å². The summed E-state index contributed by atoms with van der Waals surface area (Å²) in [5, 5.41) is 3.55. The minimum absolute atomic E-state index is 0.396. The Morgan fingerprint density at radius 2 is 1.82 bits per heavy atom. The fraction of sp³-hybridized carbons (Fsp3) is 0.647. The lowest BCUT2D eigenvalue weighted by atomic mass is 9.88. The number of nitrogens with zero attached hydrogens (tertiary/aromatic N) is 1. The predicted molar refractivity (Wildman–Crippen MR) is 80.5 cm³/mol. The Bertz CT molecular complexity index is 487. The first-order valence-corrected chi connectivity index (χ1v) is 8.15. The number of rotatable bonds is 3. The van der Waals surface area contributed by atoms with Crippen molar-refractivity contribution in [2.24, 2.45) is 5.92 Å². The van der Waals surface area contributed by atoms with Crippen LogP contribution < -0.4 is 5.32 Å². The fourth-order valence-electron chi connectivity index (χ4n) is 3.80. The van der Waals surface area contributed by atoms with Gasteiger partial charge in [-0.1, -0.05) is 18.2 Å². The minimum Gasteiger partial charge on any atom is -0.314 e. The quantitative estimate of drug-likeness (QED) is 0.916. The van der Waals surface area contributed by atoms with Gasteiger partial charge in [0.15, 0.2) is 0 Å². The molecule has 122 valence electrons. The van der Waals surface area contributed by atoms with Crippen LogP contribution in [0.25, 0.3) is 0 Å². The van der Waals surface area contributed by atoms with Crippen LogP contribution in [0.3, 0.4) is 0 Å². The first kappa shape index (κ1) is 15.8. The number of piperidine rings is 1. The number of nitrogens with one attached hydrogen (secondary N) is 1. The maximum absolute atomic E-state index is 13.0. The van der Waals surface area contributed by atoms with Crippen molar-refractivity contribution < 1.29 is 13.2 Å². The molecule has 0 saturated carbocycles. The van der Waals surface area contributed by atoms with E-state index in [4.69, 9.17) is 0 Å². The molecule has 22 heavy (non-hydrogen) atoms. The van der Waals surface area contributed by atoms with Gasteiger partial charge in [0.1, 0.15) is 0 Å². The highest BCUT2D eigenvalue weighted by Crippen LogP contribution is 2.33. The lowest BCUT2D eigenvalue weighted by molar-refractivity contribution is -0.138. The van der Waals surface area contributed by atoms with Gasteiger partial charge in [0, 0.05) is 12.6 Å². The van der Waals surface area contributed by atoms with Gasteiger partial charge >= 0.3 is 6.18 Å². The van der Waals surface area contributed by atoms with Crippen molar-refractivity contribution in [2.45, 2.75) is 44.4 Å². The molecular weight excluding hydrogens is 289 g/mol. The molecule has 0 spiro atoms. The molecule has 2 saturated heterocycles. The molecule has 0 aliphatic carbocycles. The molecular formula is C17H23F3N2. The van der Waals surface area contributed by atoms with Crippen molar-refractivity contribution >= 4 is 0 Å². The monoisotopic (exact) mass is 312 g/mol. The summed E-state index contributed by atoms with van der Waals surface area (Å²) in [5.74, 6) is 0.691. The third kappa shape index (κ3) is 3.63. The molecule has 2 fully saturated rings. The van der Waals surface area contributed by atoms with E-state index in [1.165, 1.54) is 25.0 Å². The summed E-state index contributed by atoms with van der Waals surface area (Å²) >= 11 is 0. The van der Waals surface area contributed by atoms with Crippen LogP contribution in [0, 0.1) is 5.92 Å². The number of hydrogen-bond acceptors (Lipinski definition) is 2.